The Morgan fingerprint density at radius 1 is 1.00 bits per heavy atom. The van der Waals surface area contributed by atoms with E-state index >= 15 is 0 Å². The topological polar surface area (TPSA) is 171 Å². The molecule has 3 unspecified atom stereocenters. The summed E-state index contributed by atoms with van der Waals surface area (Å²) in [4.78, 5) is 36.5. The lowest BCUT2D eigenvalue weighted by molar-refractivity contribution is -0.170. The first-order valence-electron chi connectivity index (χ1n) is 14.3. The number of nitrogens with zero attached hydrogens (tertiary/aromatic N) is 1. The van der Waals surface area contributed by atoms with Crippen molar-refractivity contribution in [1.82, 2.24) is 9.88 Å². The molecule has 1 fully saturated rings. The second kappa shape index (κ2) is 12.7. The first-order chi connectivity index (χ1) is 20.2. The van der Waals surface area contributed by atoms with E-state index in [2.05, 4.69) is 91.2 Å². The van der Waals surface area contributed by atoms with Gasteiger partial charge in [0, 0.05) is 29.1 Å². The molecule has 11 heteroatoms. The molecule has 1 aliphatic carbocycles. The second-order valence-corrected chi connectivity index (χ2v) is 13.5. The third kappa shape index (κ3) is 6.75. The maximum atomic E-state index is 12.1. The highest BCUT2D eigenvalue weighted by atomic mass is 32.2. The van der Waals surface area contributed by atoms with Gasteiger partial charge in [0.15, 0.2) is 5.60 Å². The number of carbonyl (C=O) groups is 3. The van der Waals surface area contributed by atoms with E-state index in [1.54, 1.807) is 0 Å². The zero-order valence-electron chi connectivity index (χ0n) is 24.7. The maximum Gasteiger partial charge on any atom is 0.336 e. The summed E-state index contributed by atoms with van der Waals surface area (Å²) in [5, 5.41) is 47.3. The summed E-state index contributed by atoms with van der Waals surface area (Å²) in [7, 11) is 4.25. The zero-order valence-corrected chi connectivity index (χ0v) is 25.5. The van der Waals surface area contributed by atoms with Crippen molar-refractivity contribution in [2.75, 3.05) is 26.4 Å². The van der Waals surface area contributed by atoms with Crippen molar-refractivity contribution in [1.29, 1.82) is 0 Å². The SMILES string of the molecule is Cc1ccccc1C1(O)CCC2(CC1CN(C)C)SCCc1c2[nH]c2ccccc12.O=C(O)CC(O)(CC(=O)O)C(=O)O. The number of H-pyrrole nitrogens is 1. The van der Waals surface area contributed by atoms with E-state index in [0.29, 0.717) is 0 Å². The van der Waals surface area contributed by atoms with Crippen LogP contribution in [0.15, 0.2) is 48.5 Å². The number of aromatic amines is 1. The van der Waals surface area contributed by atoms with E-state index in [4.69, 9.17) is 20.4 Å². The lowest BCUT2D eigenvalue weighted by atomic mass is 9.65. The highest BCUT2D eigenvalue weighted by molar-refractivity contribution is 8.00. The Kier molecular flexibility index (Phi) is 9.60. The molecular formula is C32H40N2O8S. The summed E-state index contributed by atoms with van der Waals surface area (Å²) in [6.07, 6.45) is 1.65. The smallest absolute Gasteiger partial charge is 0.336 e. The minimum atomic E-state index is -2.74. The number of rotatable bonds is 8. The van der Waals surface area contributed by atoms with Gasteiger partial charge in [-0.2, -0.15) is 0 Å². The Hall–Kier alpha value is -3.38. The highest BCUT2D eigenvalue weighted by Crippen LogP contribution is 2.58. The molecule has 0 radical (unpaired) electrons. The molecule has 0 amide bonds. The molecule has 232 valence electrons. The number of para-hydroxylation sites is 1. The molecule has 6 N–H and O–H groups in total. The molecule has 5 rings (SSSR count). The molecule has 2 heterocycles. The molecular weight excluding hydrogens is 572 g/mol. The third-order valence-corrected chi connectivity index (χ3v) is 10.2. The monoisotopic (exact) mass is 612 g/mol. The van der Waals surface area contributed by atoms with Crippen molar-refractivity contribution in [2.45, 2.75) is 61.4 Å². The summed E-state index contributed by atoms with van der Waals surface area (Å²) >= 11 is 2.11. The average Bonchev–Trinajstić information content (AvgIpc) is 3.31. The number of aromatic nitrogens is 1. The number of fused-ring (bicyclic) bond motifs is 4. The summed E-state index contributed by atoms with van der Waals surface area (Å²) in [6, 6.07) is 17.2. The summed E-state index contributed by atoms with van der Waals surface area (Å²) in [5.41, 5.74) is 2.99. The van der Waals surface area contributed by atoms with Gasteiger partial charge in [0.2, 0.25) is 0 Å². The Morgan fingerprint density at radius 3 is 2.23 bits per heavy atom. The highest BCUT2D eigenvalue weighted by Gasteiger charge is 2.52. The molecule has 3 atom stereocenters. The van der Waals surface area contributed by atoms with Crippen LogP contribution in [0.4, 0.5) is 0 Å². The van der Waals surface area contributed by atoms with Crippen LogP contribution in [-0.4, -0.2) is 85.3 Å². The van der Waals surface area contributed by atoms with E-state index in [9.17, 15) is 19.5 Å². The van der Waals surface area contributed by atoms with Crippen LogP contribution in [0, 0.1) is 12.8 Å². The number of thioether (sulfide) groups is 1. The fourth-order valence-corrected chi connectivity index (χ4v) is 8.26. The number of benzene rings is 2. The van der Waals surface area contributed by atoms with Gasteiger partial charge in [-0.3, -0.25) is 9.59 Å². The molecule has 43 heavy (non-hydrogen) atoms. The Labute approximate surface area is 254 Å². The van der Waals surface area contributed by atoms with Gasteiger partial charge in [-0.25, -0.2) is 4.79 Å². The standard InChI is InChI=1S/C26H32N2OS.C6H8O7/c1-18-8-4-6-10-22(18)26(29)14-13-25(16-19(26)17-28(2)3)24-21(12-15-30-25)20-9-5-7-11-23(20)27-24;7-3(8)1-6(13,5(11)12)2-4(9)10/h4-11,19,27,29H,12-17H2,1-3H3;13H,1-2H2,(H,7,8)(H,9,10)(H,11,12). The number of aryl methyl sites for hydroxylation is 2. The van der Waals surface area contributed by atoms with Crippen LogP contribution in [-0.2, 0) is 31.2 Å². The van der Waals surface area contributed by atoms with E-state index in [1.165, 1.54) is 27.7 Å². The van der Waals surface area contributed by atoms with Crippen LogP contribution in [0.3, 0.4) is 0 Å². The van der Waals surface area contributed by atoms with Gasteiger partial charge in [-0.15, -0.1) is 11.8 Å². The number of nitrogens with one attached hydrogen (secondary N) is 1. The molecule has 1 spiro atoms. The fraction of sp³-hybridized carbons (Fsp3) is 0.469. The predicted octanol–water partition coefficient (Wildman–Crippen LogP) is 3.96. The molecule has 2 aliphatic rings. The molecule has 3 aromatic rings. The number of carboxylic acid groups (broad SMARTS) is 3. The van der Waals surface area contributed by atoms with E-state index < -0.39 is 42.0 Å². The second-order valence-electron chi connectivity index (χ2n) is 12.0. The molecule has 1 aliphatic heterocycles. The number of carboxylic acids is 3. The number of hydrogen-bond acceptors (Lipinski definition) is 7. The number of aliphatic carboxylic acids is 3. The Bertz CT molecular complexity index is 1490. The first kappa shape index (κ1) is 32.5. The Morgan fingerprint density at radius 2 is 1.63 bits per heavy atom. The van der Waals surface area contributed by atoms with E-state index in [0.717, 1.165) is 43.5 Å². The quantitative estimate of drug-likeness (QED) is 0.219. The third-order valence-electron chi connectivity index (χ3n) is 8.64. The minimum Gasteiger partial charge on any atom is -0.481 e. The van der Waals surface area contributed by atoms with Gasteiger partial charge in [-0.05, 0) is 75.2 Å². The lowest BCUT2D eigenvalue weighted by Gasteiger charge is -2.51. The normalized spacial score (nSPS) is 23.4. The largest absolute Gasteiger partial charge is 0.481 e. The first-order valence-corrected chi connectivity index (χ1v) is 15.3. The van der Waals surface area contributed by atoms with Crippen LogP contribution in [0.1, 0.15) is 54.5 Å². The van der Waals surface area contributed by atoms with E-state index in [-0.39, 0.29) is 10.7 Å². The number of hydrogen-bond donors (Lipinski definition) is 6. The lowest BCUT2D eigenvalue weighted by Crippen LogP contribution is -2.50. The van der Waals surface area contributed by atoms with Crippen molar-refractivity contribution in [2.24, 2.45) is 5.92 Å². The molecule has 1 aromatic heterocycles. The van der Waals surface area contributed by atoms with E-state index in [1.807, 2.05) is 0 Å². The predicted molar refractivity (Wildman–Crippen MR) is 164 cm³/mol. The Balaban J connectivity index is 0.000000277. The van der Waals surface area contributed by atoms with Gasteiger partial charge < -0.3 is 35.4 Å². The van der Waals surface area contributed by atoms with Gasteiger partial charge >= 0.3 is 17.9 Å². The molecule has 1 saturated carbocycles. The van der Waals surface area contributed by atoms with Crippen LogP contribution in [0.2, 0.25) is 0 Å². The van der Waals surface area contributed by atoms with Crippen molar-refractivity contribution in [3.63, 3.8) is 0 Å². The van der Waals surface area contributed by atoms with Gasteiger partial charge in [0.05, 0.1) is 23.2 Å². The van der Waals surface area contributed by atoms with Gasteiger partial charge in [0.25, 0.3) is 0 Å². The fourth-order valence-electron chi connectivity index (χ4n) is 6.68. The number of aliphatic hydroxyl groups is 2. The summed E-state index contributed by atoms with van der Waals surface area (Å²) < 4.78 is 0.0716. The van der Waals surface area contributed by atoms with Crippen LogP contribution >= 0.6 is 11.8 Å². The molecule has 0 bridgehead atoms. The molecule has 0 saturated heterocycles. The van der Waals surface area contributed by atoms with Crippen molar-refractivity contribution in [3.8, 4) is 0 Å². The van der Waals surface area contributed by atoms with Crippen molar-refractivity contribution < 1.29 is 39.9 Å². The van der Waals surface area contributed by atoms with Crippen LogP contribution in [0.5, 0.6) is 0 Å². The van der Waals surface area contributed by atoms with Crippen molar-refractivity contribution in [3.05, 3.63) is 70.9 Å². The minimum absolute atomic E-state index is 0.0716. The summed E-state index contributed by atoms with van der Waals surface area (Å²) in [6.45, 7) is 3.03. The average molecular weight is 613 g/mol. The van der Waals surface area contributed by atoms with Gasteiger partial charge in [0.1, 0.15) is 0 Å². The maximum absolute atomic E-state index is 12.1. The van der Waals surface area contributed by atoms with Gasteiger partial charge in [-0.1, -0.05) is 42.5 Å². The molecule has 10 nitrogen and oxygen atoms in total. The van der Waals surface area contributed by atoms with Crippen LogP contribution < -0.4 is 0 Å². The van der Waals surface area contributed by atoms with Crippen molar-refractivity contribution >= 4 is 40.6 Å². The zero-order chi connectivity index (χ0) is 31.6. The van der Waals surface area contributed by atoms with Crippen LogP contribution in [0.25, 0.3) is 10.9 Å². The summed E-state index contributed by atoms with van der Waals surface area (Å²) in [5.74, 6) is -3.67. The molecule has 2 aromatic carbocycles.